The van der Waals surface area contributed by atoms with Crippen molar-refractivity contribution in [2.75, 3.05) is 51.3 Å². The van der Waals surface area contributed by atoms with Crippen molar-refractivity contribution in [3.8, 4) is 11.5 Å². The lowest BCUT2D eigenvalue weighted by Gasteiger charge is -2.32. The minimum atomic E-state index is -0.499. The summed E-state index contributed by atoms with van der Waals surface area (Å²) in [6.45, 7) is 4.64. The Labute approximate surface area is 147 Å². The molecule has 1 aliphatic heterocycles. The van der Waals surface area contributed by atoms with Crippen LogP contribution in [-0.4, -0.2) is 67.6 Å². The summed E-state index contributed by atoms with van der Waals surface area (Å²) in [5.41, 5.74) is 0. The summed E-state index contributed by atoms with van der Waals surface area (Å²) in [6.07, 6.45) is 3.03. The number of nitrogens with zero attached hydrogens (tertiary/aromatic N) is 3. The summed E-state index contributed by atoms with van der Waals surface area (Å²) >= 11 is 0. The fraction of sp³-hybridized carbons (Fsp3) is 0.444. The van der Waals surface area contributed by atoms with Crippen LogP contribution in [0.1, 0.15) is 0 Å². The van der Waals surface area contributed by atoms with E-state index < -0.39 is 6.10 Å². The SMILES string of the molecule is COc1cccc(OC[C@H](O)C[NH+]2CCN(c3ncccn3)CC2)c1. The van der Waals surface area contributed by atoms with Crippen molar-refractivity contribution in [3.63, 3.8) is 0 Å². The maximum absolute atomic E-state index is 10.3. The molecule has 2 aromatic rings. The van der Waals surface area contributed by atoms with Crippen LogP contribution >= 0.6 is 0 Å². The van der Waals surface area contributed by atoms with E-state index in [9.17, 15) is 5.11 Å². The standard InChI is InChI=1S/C18H24N4O3/c1-24-16-4-2-5-17(12-16)25-14-15(23)13-21-8-10-22(11-9-21)18-19-6-3-7-20-18/h2-7,12,15,23H,8-11,13-14H2,1H3/p+1/t15-/m1/s1. The van der Waals surface area contributed by atoms with Crippen molar-refractivity contribution < 1.29 is 19.5 Å². The van der Waals surface area contributed by atoms with E-state index in [-0.39, 0.29) is 6.61 Å². The quantitative estimate of drug-likeness (QED) is 0.714. The number of piperazine rings is 1. The second kappa shape index (κ2) is 8.64. The molecule has 7 nitrogen and oxygen atoms in total. The molecule has 2 heterocycles. The van der Waals surface area contributed by atoms with Crippen LogP contribution in [0.2, 0.25) is 0 Å². The summed E-state index contributed by atoms with van der Waals surface area (Å²) in [4.78, 5) is 12.1. The molecule has 1 aliphatic rings. The van der Waals surface area contributed by atoms with E-state index in [0.717, 1.165) is 37.9 Å². The smallest absolute Gasteiger partial charge is 0.225 e. The molecule has 1 atom stereocenters. The third-order valence-corrected chi connectivity index (χ3v) is 4.31. The topological polar surface area (TPSA) is 72.2 Å². The van der Waals surface area contributed by atoms with Gasteiger partial charge in [-0.2, -0.15) is 0 Å². The summed E-state index contributed by atoms with van der Waals surface area (Å²) in [5, 5.41) is 10.3. The first kappa shape index (κ1) is 17.4. The Balaban J connectivity index is 1.41. The number of benzene rings is 1. The number of methoxy groups -OCH3 is 1. The highest BCUT2D eigenvalue weighted by Crippen LogP contribution is 2.18. The molecule has 1 aromatic heterocycles. The maximum Gasteiger partial charge on any atom is 0.225 e. The molecule has 1 saturated heterocycles. The van der Waals surface area contributed by atoms with Gasteiger partial charge >= 0.3 is 0 Å². The monoisotopic (exact) mass is 345 g/mol. The summed E-state index contributed by atoms with van der Waals surface area (Å²) < 4.78 is 10.8. The molecular formula is C18H25N4O3+. The molecule has 0 saturated carbocycles. The number of aromatic nitrogens is 2. The van der Waals surface area contributed by atoms with E-state index in [1.807, 2.05) is 30.3 Å². The fourth-order valence-corrected chi connectivity index (χ4v) is 2.96. The van der Waals surface area contributed by atoms with E-state index in [4.69, 9.17) is 9.47 Å². The first-order chi connectivity index (χ1) is 12.2. The fourth-order valence-electron chi connectivity index (χ4n) is 2.96. The van der Waals surface area contributed by atoms with E-state index in [2.05, 4.69) is 14.9 Å². The number of ether oxygens (including phenoxy) is 2. The van der Waals surface area contributed by atoms with Gasteiger partial charge < -0.3 is 24.4 Å². The Kier molecular flexibility index (Phi) is 6.03. The number of hydrogen-bond acceptors (Lipinski definition) is 6. The van der Waals surface area contributed by atoms with Gasteiger partial charge in [0.1, 0.15) is 30.8 Å². The highest BCUT2D eigenvalue weighted by atomic mass is 16.5. The molecule has 0 spiro atoms. The number of aliphatic hydroxyl groups is 1. The van der Waals surface area contributed by atoms with Gasteiger partial charge in [-0.1, -0.05) is 6.07 Å². The number of quaternary nitrogens is 1. The zero-order valence-electron chi connectivity index (χ0n) is 14.5. The summed E-state index contributed by atoms with van der Waals surface area (Å²) in [5.74, 6) is 2.24. The Morgan fingerprint density at radius 3 is 2.60 bits per heavy atom. The third-order valence-electron chi connectivity index (χ3n) is 4.31. The Morgan fingerprint density at radius 1 is 1.16 bits per heavy atom. The third kappa shape index (κ3) is 5.04. The molecule has 134 valence electrons. The number of anilines is 1. The lowest BCUT2D eigenvalue weighted by atomic mass is 10.2. The highest BCUT2D eigenvalue weighted by molar-refractivity contribution is 5.32. The Morgan fingerprint density at radius 2 is 1.88 bits per heavy atom. The van der Waals surface area contributed by atoms with Gasteiger partial charge in [-0.15, -0.1) is 0 Å². The van der Waals surface area contributed by atoms with Crippen LogP contribution in [0.15, 0.2) is 42.7 Å². The van der Waals surface area contributed by atoms with Gasteiger partial charge in [-0.3, -0.25) is 0 Å². The lowest BCUT2D eigenvalue weighted by Crippen LogP contribution is -3.16. The molecule has 1 fully saturated rings. The highest BCUT2D eigenvalue weighted by Gasteiger charge is 2.23. The van der Waals surface area contributed by atoms with Crippen molar-refractivity contribution in [2.24, 2.45) is 0 Å². The average molecular weight is 345 g/mol. The van der Waals surface area contributed by atoms with Gasteiger partial charge in [0.25, 0.3) is 0 Å². The van der Waals surface area contributed by atoms with Crippen LogP contribution in [0.4, 0.5) is 5.95 Å². The zero-order chi connectivity index (χ0) is 17.5. The molecule has 0 unspecified atom stereocenters. The van der Waals surface area contributed by atoms with Crippen LogP contribution in [-0.2, 0) is 0 Å². The van der Waals surface area contributed by atoms with Gasteiger partial charge in [-0.05, 0) is 18.2 Å². The average Bonchev–Trinajstić information content (AvgIpc) is 2.68. The predicted octanol–water partition coefficient (Wildman–Crippen LogP) is -0.370. The molecule has 25 heavy (non-hydrogen) atoms. The Bertz CT molecular complexity index is 648. The molecule has 2 N–H and O–H groups in total. The molecule has 1 aromatic carbocycles. The summed E-state index contributed by atoms with van der Waals surface area (Å²) in [6, 6.07) is 9.24. The van der Waals surface area contributed by atoms with Crippen LogP contribution in [0.5, 0.6) is 11.5 Å². The van der Waals surface area contributed by atoms with Crippen LogP contribution in [0.25, 0.3) is 0 Å². The summed E-state index contributed by atoms with van der Waals surface area (Å²) in [7, 11) is 1.62. The number of hydrogen-bond donors (Lipinski definition) is 2. The second-order valence-corrected chi connectivity index (χ2v) is 6.13. The minimum Gasteiger partial charge on any atom is -0.497 e. The maximum atomic E-state index is 10.3. The number of nitrogens with one attached hydrogen (secondary N) is 1. The van der Waals surface area contributed by atoms with E-state index >= 15 is 0 Å². The van der Waals surface area contributed by atoms with Gasteiger partial charge in [0.05, 0.1) is 33.3 Å². The van der Waals surface area contributed by atoms with Crippen LogP contribution < -0.4 is 19.3 Å². The largest absolute Gasteiger partial charge is 0.497 e. The van der Waals surface area contributed by atoms with E-state index in [0.29, 0.717) is 12.3 Å². The molecule has 0 amide bonds. The van der Waals surface area contributed by atoms with Gasteiger partial charge in [0.15, 0.2) is 0 Å². The van der Waals surface area contributed by atoms with Crippen molar-refractivity contribution >= 4 is 5.95 Å². The number of rotatable bonds is 7. The molecular weight excluding hydrogens is 320 g/mol. The molecule has 3 rings (SSSR count). The number of aliphatic hydroxyl groups excluding tert-OH is 1. The Hall–Kier alpha value is -2.38. The minimum absolute atomic E-state index is 0.280. The molecule has 7 heteroatoms. The van der Waals surface area contributed by atoms with Crippen LogP contribution in [0.3, 0.4) is 0 Å². The van der Waals surface area contributed by atoms with Gasteiger partial charge in [0.2, 0.25) is 5.95 Å². The van der Waals surface area contributed by atoms with Crippen molar-refractivity contribution in [1.82, 2.24) is 9.97 Å². The molecule has 0 aliphatic carbocycles. The second-order valence-electron chi connectivity index (χ2n) is 6.13. The normalized spacial score (nSPS) is 16.5. The zero-order valence-corrected chi connectivity index (χ0v) is 14.5. The first-order valence-corrected chi connectivity index (χ1v) is 8.55. The van der Waals surface area contributed by atoms with E-state index in [1.54, 1.807) is 19.5 Å². The van der Waals surface area contributed by atoms with E-state index in [1.165, 1.54) is 4.90 Å². The van der Waals surface area contributed by atoms with Gasteiger partial charge in [0, 0.05) is 18.5 Å². The molecule has 0 bridgehead atoms. The van der Waals surface area contributed by atoms with Crippen LogP contribution in [0, 0.1) is 0 Å². The lowest BCUT2D eigenvalue weighted by molar-refractivity contribution is -0.903. The van der Waals surface area contributed by atoms with Gasteiger partial charge in [-0.25, -0.2) is 9.97 Å². The predicted molar refractivity (Wildman–Crippen MR) is 94.3 cm³/mol. The molecule has 0 radical (unpaired) electrons. The van der Waals surface area contributed by atoms with Crippen molar-refractivity contribution in [2.45, 2.75) is 6.10 Å². The van der Waals surface area contributed by atoms with Crippen molar-refractivity contribution in [1.29, 1.82) is 0 Å². The van der Waals surface area contributed by atoms with Crippen molar-refractivity contribution in [3.05, 3.63) is 42.7 Å². The first-order valence-electron chi connectivity index (χ1n) is 8.55.